The number of ether oxygens (including phenoxy) is 3. The molecule has 0 aliphatic heterocycles. The molecule has 14 heteroatoms. The number of esters is 1. The number of tetrazole rings is 1. The van der Waals surface area contributed by atoms with Gasteiger partial charge in [0.2, 0.25) is 11.7 Å². The number of amides is 1. The maximum atomic E-state index is 14.5. The van der Waals surface area contributed by atoms with E-state index in [1.54, 1.807) is 45.0 Å². The number of oxazole rings is 1. The summed E-state index contributed by atoms with van der Waals surface area (Å²) in [7, 11) is 1.20. The van der Waals surface area contributed by atoms with Gasteiger partial charge in [0.25, 0.3) is 5.88 Å². The molecule has 0 unspecified atom stereocenters. The second kappa shape index (κ2) is 11.0. The lowest BCUT2D eigenvalue weighted by molar-refractivity contribution is -0.143. The van der Waals surface area contributed by atoms with Crippen LogP contribution in [0.1, 0.15) is 20.8 Å². The van der Waals surface area contributed by atoms with Crippen LogP contribution in [-0.4, -0.2) is 61.0 Å². The van der Waals surface area contributed by atoms with Crippen molar-refractivity contribution in [2.24, 2.45) is 0 Å². The molecular weight excluding hydrogens is 501 g/mol. The first-order valence-corrected chi connectivity index (χ1v) is 11.3. The predicted octanol–water partition coefficient (Wildman–Crippen LogP) is 3.39. The van der Waals surface area contributed by atoms with Gasteiger partial charge in [-0.05, 0) is 56.3 Å². The number of methoxy groups -OCH3 is 1. The first-order valence-electron chi connectivity index (χ1n) is 11.3. The average molecular weight is 525 g/mol. The number of hydrogen-bond donors (Lipinski definition) is 1. The number of nitrogens with zero attached hydrogens (tertiary/aromatic N) is 6. The lowest BCUT2D eigenvalue weighted by Gasteiger charge is -2.22. The molecule has 0 aliphatic carbocycles. The third-order valence-electron chi connectivity index (χ3n) is 4.79. The van der Waals surface area contributed by atoms with Gasteiger partial charge in [0.15, 0.2) is 11.9 Å². The highest BCUT2D eigenvalue weighted by molar-refractivity contribution is 5.81. The van der Waals surface area contributed by atoms with Crippen LogP contribution in [0.2, 0.25) is 0 Å². The minimum absolute atomic E-state index is 0.144. The van der Waals surface area contributed by atoms with Crippen molar-refractivity contribution in [3.63, 3.8) is 0 Å². The number of hydrogen-bond acceptors (Lipinski definition) is 11. The third-order valence-corrected chi connectivity index (χ3v) is 4.79. The van der Waals surface area contributed by atoms with Crippen molar-refractivity contribution in [2.75, 3.05) is 7.11 Å². The highest BCUT2D eigenvalue weighted by Gasteiger charge is 2.26. The SMILES string of the molecule is COC(=O)[C@H](Cn1nnc(-c2ccc(Oc3ncc(-c4ncco4)cc3F)cc2)n1)NC(=O)OC(C)(C)C. The summed E-state index contributed by atoms with van der Waals surface area (Å²) in [6.45, 7) is 4.95. The Balaban J connectivity index is 1.41. The van der Waals surface area contributed by atoms with E-state index in [0.29, 0.717) is 16.9 Å². The minimum atomic E-state index is -1.11. The number of nitrogens with one attached hydrogen (secondary N) is 1. The third kappa shape index (κ3) is 6.66. The van der Waals surface area contributed by atoms with Crippen LogP contribution in [0.25, 0.3) is 22.8 Å². The fraction of sp³-hybridized carbons (Fsp3) is 0.292. The standard InChI is InChI=1S/C24H24FN7O6/c1-24(2,3)38-23(34)28-18(22(33)35-4)13-32-30-19(29-31-32)14-5-7-16(8-6-14)37-21-17(25)11-15(12-27-21)20-26-9-10-36-20/h5-12,18H,13H2,1-4H3,(H,28,34)/t18-/m0/s1. The zero-order valence-corrected chi connectivity index (χ0v) is 20.9. The Hall–Kier alpha value is -4.88. The molecule has 1 aromatic carbocycles. The van der Waals surface area contributed by atoms with Crippen molar-refractivity contribution in [2.45, 2.75) is 39.0 Å². The summed E-state index contributed by atoms with van der Waals surface area (Å²) < 4.78 is 35.1. The van der Waals surface area contributed by atoms with Crippen LogP contribution in [0.4, 0.5) is 9.18 Å². The lowest BCUT2D eigenvalue weighted by atomic mass is 10.2. The van der Waals surface area contributed by atoms with Crippen molar-refractivity contribution in [1.82, 2.24) is 35.5 Å². The van der Waals surface area contributed by atoms with E-state index in [0.717, 1.165) is 4.80 Å². The Bertz CT molecular complexity index is 1400. The van der Waals surface area contributed by atoms with Gasteiger partial charge in [-0.15, -0.1) is 10.2 Å². The molecule has 38 heavy (non-hydrogen) atoms. The van der Waals surface area contributed by atoms with E-state index in [4.69, 9.17) is 18.6 Å². The summed E-state index contributed by atoms with van der Waals surface area (Å²) >= 11 is 0. The molecule has 3 aromatic heterocycles. The van der Waals surface area contributed by atoms with Crippen LogP contribution in [0.3, 0.4) is 0 Å². The summed E-state index contributed by atoms with van der Waals surface area (Å²) in [4.78, 5) is 33.3. The molecule has 0 radical (unpaired) electrons. The largest absolute Gasteiger partial charge is 0.467 e. The summed E-state index contributed by atoms with van der Waals surface area (Å²) in [5.74, 6) is -0.796. The zero-order chi connectivity index (χ0) is 27.3. The van der Waals surface area contributed by atoms with Crippen LogP contribution in [0.5, 0.6) is 11.6 Å². The van der Waals surface area contributed by atoms with Crippen LogP contribution in [-0.2, 0) is 20.8 Å². The van der Waals surface area contributed by atoms with E-state index in [1.807, 2.05) is 0 Å². The van der Waals surface area contributed by atoms with Crippen molar-refractivity contribution in [1.29, 1.82) is 0 Å². The molecular formula is C24H24FN7O6. The zero-order valence-electron chi connectivity index (χ0n) is 20.9. The van der Waals surface area contributed by atoms with E-state index in [-0.39, 0.29) is 24.1 Å². The molecule has 1 N–H and O–H groups in total. The summed E-state index contributed by atoms with van der Waals surface area (Å²) in [6.07, 6.45) is 3.43. The molecule has 1 amide bonds. The fourth-order valence-electron chi connectivity index (χ4n) is 3.14. The van der Waals surface area contributed by atoms with Crippen molar-refractivity contribution in [3.8, 4) is 34.5 Å². The van der Waals surface area contributed by atoms with Crippen molar-refractivity contribution in [3.05, 3.63) is 54.8 Å². The van der Waals surface area contributed by atoms with Gasteiger partial charge in [-0.1, -0.05) is 0 Å². The molecule has 0 spiro atoms. The van der Waals surface area contributed by atoms with E-state index in [1.165, 1.54) is 31.8 Å². The first kappa shape index (κ1) is 26.2. The highest BCUT2D eigenvalue weighted by atomic mass is 19.1. The predicted molar refractivity (Wildman–Crippen MR) is 128 cm³/mol. The van der Waals surface area contributed by atoms with E-state index in [2.05, 4.69) is 30.7 Å². The molecule has 0 aliphatic rings. The van der Waals surface area contributed by atoms with E-state index in [9.17, 15) is 14.0 Å². The second-order valence-corrected chi connectivity index (χ2v) is 8.86. The Morgan fingerprint density at radius 1 is 1.16 bits per heavy atom. The van der Waals surface area contributed by atoms with Gasteiger partial charge in [-0.3, -0.25) is 0 Å². The van der Waals surface area contributed by atoms with Gasteiger partial charge < -0.3 is 23.9 Å². The maximum Gasteiger partial charge on any atom is 0.408 e. The smallest absolute Gasteiger partial charge is 0.408 e. The molecule has 0 fully saturated rings. The molecule has 0 bridgehead atoms. The highest BCUT2D eigenvalue weighted by Crippen LogP contribution is 2.27. The molecule has 1 atom stereocenters. The lowest BCUT2D eigenvalue weighted by Crippen LogP contribution is -2.46. The van der Waals surface area contributed by atoms with Gasteiger partial charge in [0.05, 0.1) is 25.4 Å². The minimum Gasteiger partial charge on any atom is -0.467 e. The van der Waals surface area contributed by atoms with Gasteiger partial charge >= 0.3 is 12.1 Å². The van der Waals surface area contributed by atoms with E-state index < -0.39 is 29.5 Å². The van der Waals surface area contributed by atoms with Gasteiger partial charge in [-0.25, -0.2) is 23.9 Å². The van der Waals surface area contributed by atoms with Gasteiger partial charge in [0, 0.05) is 11.8 Å². The topological polar surface area (TPSA) is 156 Å². The first-order chi connectivity index (χ1) is 18.1. The molecule has 4 rings (SSSR count). The van der Waals surface area contributed by atoms with Crippen LogP contribution in [0, 0.1) is 5.82 Å². The van der Waals surface area contributed by atoms with Gasteiger partial charge in [-0.2, -0.15) is 4.80 Å². The number of pyridine rings is 1. The Kier molecular flexibility index (Phi) is 7.60. The number of benzene rings is 1. The van der Waals surface area contributed by atoms with Crippen LogP contribution in [0.15, 0.2) is 53.4 Å². The van der Waals surface area contributed by atoms with Crippen molar-refractivity contribution < 1.29 is 32.6 Å². The summed E-state index contributed by atoms with van der Waals surface area (Å²) in [6, 6.07) is 6.56. The Labute approximate surface area is 215 Å². The second-order valence-electron chi connectivity index (χ2n) is 8.86. The summed E-state index contributed by atoms with van der Waals surface area (Å²) in [5.41, 5.74) is 0.202. The van der Waals surface area contributed by atoms with Crippen LogP contribution < -0.4 is 10.1 Å². The average Bonchev–Trinajstić information content (AvgIpc) is 3.56. The quantitative estimate of drug-likeness (QED) is 0.336. The fourth-order valence-corrected chi connectivity index (χ4v) is 3.14. The molecule has 198 valence electrons. The molecule has 0 saturated heterocycles. The van der Waals surface area contributed by atoms with Crippen LogP contribution >= 0.6 is 0 Å². The van der Waals surface area contributed by atoms with Gasteiger partial charge in [0.1, 0.15) is 17.6 Å². The number of halogens is 1. The number of rotatable bonds is 8. The number of carbonyl (C=O) groups excluding carboxylic acids is 2. The molecule has 3 heterocycles. The number of carbonyl (C=O) groups is 2. The van der Waals surface area contributed by atoms with Crippen molar-refractivity contribution >= 4 is 12.1 Å². The monoisotopic (exact) mass is 525 g/mol. The molecule has 0 saturated carbocycles. The normalized spacial score (nSPS) is 12.0. The maximum absolute atomic E-state index is 14.5. The summed E-state index contributed by atoms with van der Waals surface area (Å²) in [5, 5.41) is 14.6. The van der Waals surface area contributed by atoms with E-state index >= 15 is 0 Å². The molecule has 4 aromatic rings. The Morgan fingerprint density at radius 3 is 2.55 bits per heavy atom. The Morgan fingerprint density at radius 2 is 1.92 bits per heavy atom. The number of alkyl carbamates (subject to hydrolysis) is 1. The molecule has 13 nitrogen and oxygen atoms in total. The number of aromatic nitrogens is 6.